The van der Waals surface area contributed by atoms with E-state index in [0.29, 0.717) is 11.3 Å². The second kappa shape index (κ2) is 2.48. The van der Waals surface area contributed by atoms with Crippen molar-refractivity contribution in [1.29, 1.82) is 0 Å². The number of cyclic esters (lactones) is 1. The fraction of sp³-hybridized carbons (Fsp3) is 0.125. The molecule has 0 aliphatic carbocycles. The molecule has 0 bridgehead atoms. The molecule has 3 nitrogen and oxygen atoms in total. The Kier molecular flexibility index (Phi) is 1.58. The van der Waals surface area contributed by atoms with Crippen molar-refractivity contribution in [2.24, 2.45) is 0 Å². The van der Waals surface area contributed by atoms with Crippen molar-refractivity contribution in [3.05, 3.63) is 29.3 Å². The van der Waals surface area contributed by atoms with Crippen LogP contribution in [0.1, 0.15) is 20.9 Å². The summed E-state index contributed by atoms with van der Waals surface area (Å²) in [6.45, 7) is 0. The summed E-state index contributed by atoms with van der Waals surface area (Å²) in [4.78, 5) is 11.1. The minimum Gasteiger partial charge on any atom is -0.442 e. The van der Waals surface area contributed by atoms with Crippen molar-refractivity contribution < 1.29 is 9.53 Å². The van der Waals surface area contributed by atoms with Gasteiger partial charge in [-0.25, -0.2) is 4.79 Å². The number of halogens is 1. The van der Waals surface area contributed by atoms with E-state index in [-0.39, 0.29) is 11.0 Å². The number of fused-ring (bicyclic) bond motifs is 1. The molecule has 4 heteroatoms. The number of nitrogens with two attached hydrogens (primary N) is 1. The minimum absolute atomic E-state index is 0.319. The molecule has 12 heavy (non-hydrogen) atoms. The fourth-order valence-electron chi connectivity index (χ4n) is 1.17. The van der Waals surface area contributed by atoms with Gasteiger partial charge in [-0.2, -0.15) is 0 Å². The summed E-state index contributed by atoms with van der Waals surface area (Å²) in [6, 6.07) is 5.16. The van der Waals surface area contributed by atoms with E-state index in [4.69, 9.17) is 10.5 Å². The lowest BCUT2D eigenvalue weighted by molar-refractivity contribution is 0.0530. The Bertz CT molecular complexity index is 351. The highest BCUT2D eigenvalue weighted by Gasteiger charge is 2.28. The molecule has 0 spiro atoms. The van der Waals surface area contributed by atoms with Crippen LogP contribution in [0.2, 0.25) is 0 Å². The highest BCUT2D eigenvalue weighted by atomic mass is 79.9. The van der Waals surface area contributed by atoms with Gasteiger partial charge in [0.1, 0.15) is 0 Å². The third-order valence-electron chi connectivity index (χ3n) is 1.75. The van der Waals surface area contributed by atoms with Gasteiger partial charge in [0.2, 0.25) is 0 Å². The molecule has 1 heterocycles. The summed E-state index contributed by atoms with van der Waals surface area (Å²) in [5.74, 6) is -0.320. The average molecular weight is 228 g/mol. The minimum atomic E-state index is -0.320. The maximum Gasteiger partial charge on any atom is 0.340 e. The highest BCUT2D eigenvalue weighted by molar-refractivity contribution is 9.09. The quantitative estimate of drug-likeness (QED) is 0.418. The van der Waals surface area contributed by atoms with Crippen LogP contribution in [0, 0.1) is 0 Å². The molecular formula is C8H6BrNO2. The molecule has 1 aliphatic heterocycles. The zero-order chi connectivity index (χ0) is 8.72. The molecule has 0 saturated heterocycles. The molecule has 2 rings (SSSR count). The number of hydrogen-bond acceptors (Lipinski definition) is 3. The molecule has 0 amide bonds. The van der Waals surface area contributed by atoms with Crippen LogP contribution in [0.3, 0.4) is 0 Å². The molecule has 0 unspecified atom stereocenters. The number of anilines is 1. The first kappa shape index (κ1) is 7.61. The van der Waals surface area contributed by atoms with Gasteiger partial charge in [0.25, 0.3) is 0 Å². The fourth-order valence-corrected chi connectivity index (χ4v) is 1.74. The van der Waals surface area contributed by atoms with E-state index >= 15 is 0 Å². The Morgan fingerprint density at radius 3 is 3.00 bits per heavy atom. The molecule has 1 aliphatic rings. The molecule has 0 radical (unpaired) electrons. The van der Waals surface area contributed by atoms with Gasteiger partial charge in [-0.05, 0) is 28.1 Å². The number of hydrogen-bond donors (Lipinski definition) is 1. The van der Waals surface area contributed by atoms with Crippen molar-refractivity contribution in [3.63, 3.8) is 0 Å². The van der Waals surface area contributed by atoms with Gasteiger partial charge < -0.3 is 10.5 Å². The lowest BCUT2D eigenvalue weighted by atomic mass is 10.1. The number of benzene rings is 1. The number of nitrogen functional groups attached to an aromatic ring is 1. The van der Waals surface area contributed by atoms with Crippen LogP contribution in [0.25, 0.3) is 0 Å². The van der Waals surface area contributed by atoms with Crippen molar-refractivity contribution in [3.8, 4) is 0 Å². The number of esters is 1. The van der Waals surface area contributed by atoms with Gasteiger partial charge in [0, 0.05) is 11.3 Å². The van der Waals surface area contributed by atoms with Crippen molar-refractivity contribution in [2.45, 2.75) is 5.01 Å². The van der Waals surface area contributed by atoms with E-state index in [2.05, 4.69) is 15.9 Å². The van der Waals surface area contributed by atoms with E-state index in [0.717, 1.165) is 5.56 Å². The second-order valence-corrected chi connectivity index (χ2v) is 3.40. The van der Waals surface area contributed by atoms with Gasteiger partial charge in [-0.1, -0.05) is 6.07 Å². The normalized spacial score (nSPS) is 20.4. The first-order chi connectivity index (χ1) is 5.68. The third-order valence-corrected chi connectivity index (χ3v) is 2.43. The topological polar surface area (TPSA) is 52.3 Å². The summed E-state index contributed by atoms with van der Waals surface area (Å²) in [6.07, 6.45) is 0. The Morgan fingerprint density at radius 1 is 1.50 bits per heavy atom. The van der Waals surface area contributed by atoms with Crippen LogP contribution in [-0.4, -0.2) is 5.97 Å². The van der Waals surface area contributed by atoms with Crippen molar-refractivity contribution >= 4 is 27.6 Å². The molecule has 1 aromatic rings. The van der Waals surface area contributed by atoms with E-state index in [1.807, 2.05) is 0 Å². The maximum atomic E-state index is 11.1. The summed E-state index contributed by atoms with van der Waals surface area (Å²) >= 11 is 3.22. The van der Waals surface area contributed by atoms with Gasteiger partial charge >= 0.3 is 5.97 Å². The van der Waals surface area contributed by atoms with Gasteiger partial charge in [0.15, 0.2) is 5.01 Å². The van der Waals surface area contributed by atoms with Crippen molar-refractivity contribution in [2.75, 3.05) is 5.73 Å². The zero-order valence-corrected chi connectivity index (χ0v) is 7.67. The predicted molar refractivity (Wildman–Crippen MR) is 47.9 cm³/mol. The molecule has 62 valence electrons. The van der Waals surface area contributed by atoms with Crippen LogP contribution < -0.4 is 5.73 Å². The Hall–Kier alpha value is -1.03. The van der Waals surface area contributed by atoms with Crippen LogP contribution in [0.15, 0.2) is 18.2 Å². The highest BCUT2D eigenvalue weighted by Crippen LogP contribution is 2.35. The number of alkyl halides is 1. The lowest BCUT2D eigenvalue weighted by Crippen LogP contribution is -1.95. The van der Waals surface area contributed by atoms with Crippen LogP contribution in [0.5, 0.6) is 0 Å². The first-order valence-electron chi connectivity index (χ1n) is 3.43. The molecule has 0 fully saturated rings. The van der Waals surface area contributed by atoms with E-state index < -0.39 is 0 Å². The second-order valence-electron chi connectivity index (χ2n) is 2.57. The lowest BCUT2D eigenvalue weighted by Gasteiger charge is -1.99. The largest absolute Gasteiger partial charge is 0.442 e. The third kappa shape index (κ3) is 0.992. The zero-order valence-electron chi connectivity index (χ0n) is 6.08. The first-order valence-corrected chi connectivity index (χ1v) is 4.34. The Morgan fingerprint density at radius 2 is 2.25 bits per heavy atom. The molecule has 0 aromatic heterocycles. The number of rotatable bonds is 0. The standard InChI is InChI=1S/C8H6BrNO2/c9-7-5-2-1-4(10)3-6(5)8(11)12-7/h1-3,7H,10H2/t7-/m1/s1. The number of ether oxygens (including phenoxy) is 1. The Balaban J connectivity index is 2.60. The Labute approximate surface area is 77.6 Å². The van der Waals surface area contributed by atoms with Crippen LogP contribution in [0.4, 0.5) is 5.69 Å². The van der Waals surface area contributed by atoms with Crippen LogP contribution >= 0.6 is 15.9 Å². The molecular weight excluding hydrogens is 222 g/mol. The van der Waals surface area contributed by atoms with E-state index in [1.165, 1.54) is 0 Å². The average Bonchev–Trinajstić information content (AvgIpc) is 2.28. The smallest absolute Gasteiger partial charge is 0.340 e. The number of carbonyl (C=O) groups is 1. The van der Waals surface area contributed by atoms with Gasteiger partial charge in [-0.3, -0.25) is 0 Å². The molecule has 1 atom stereocenters. The monoisotopic (exact) mass is 227 g/mol. The SMILES string of the molecule is Nc1ccc2c(c1)C(=O)O[C@H]2Br. The van der Waals surface area contributed by atoms with E-state index in [1.54, 1.807) is 18.2 Å². The summed E-state index contributed by atoms with van der Waals surface area (Å²) in [7, 11) is 0. The van der Waals surface area contributed by atoms with Crippen LogP contribution in [-0.2, 0) is 4.74 Å². The van der Waals surface area contributed by atoms with Gasteiger partial charge in [0.05, 0.1) is 5.56 Å². The summed E-state index contributed by atoms with van der Waals surface area (Å²) in [5, 5.41) is -0.319. The summed E-state index contributed by atoms with van der Waals surface area (Å²) < 4.78 is 4.91. The predicted octanol–water partition coefficient (Wildman–Crippen LogP) is 1.83. The molecule has 0 saturated carbocycles. The van der Waals surface area contributed by atoms with E-state index in [9.17, 15) is 4.79 Å². The maximum absolute atomic E-state index is 11.1. The summed E-state index contributed by atoms with van der Waals surface area (Å²) in [5.41, 5.74) is 7.49. The van der Waals surface area contributed by atoms with Gasteiger partial charge in [-0.15, -0.1) is 0 Å². The molecule has 2 N–H and O–H groups in total. The molecule has 1 aromatic carbocycles. The van der Waals surface area contributed by atoms with Crippen molar-refractivity contribution in [1.82, 2.24) is 0 Å². The number of carbonyl (C=O) groups excluding carboxylic acids is 1.